The Morgan fingerprint density at radius 3 is 3.00 bits per heavy atom. The van der Waals surface area contributed by atoms with Crippen LogP contribution < -0.4 is 4.90 Å². The number of carbonyl (C=O) groups excluding carboxylic acids is 1. The van der Waals surface area contributed by atoms with E-state index in [1.165, 1.54) is 0 Å². The van der Waals surface area contributed by atoms with Crippen LogP contribution in [0, 0.1) is 0 Å². The summed E-state index contributed by atoms with van der Waals surface area (Å²) in [5.41, 5.74) is 0.518. The van der Waals surface area contributed by atoms with Crippen molar-refractivity contribution in [2.75, 3.05) is 58.0 Å². The van der Waals surface area contributed by atoms with E-state index >= 15 is 0 Å². The first-order valence-electron chi connectivity index (χ1n) is 9.81. The molecule has 0 aliphatic carbocycles. The quantitative estimate of drug-likeness (QED) is 0.775. The lowest BCUT2D eigenvalue weighted by Gasteiger charge is -2.32. The molecule has 148 valence electrons. The van der Waals surface area contributed by atoms with E-state index in [1.807, 2.05) is 6.20 Å². The normalized spacial score (nSPS) is 25.7. The standard InChI is InChI=1S/C19H28N4O4/c1-25-10-7-22-6-2-3-15(13-22)16-11-20-12-17(21-16)23-14-19(27-18(23)24)4-8-26-9-5-19/h11-12,15H,2-10,13-14H2,1H3/t15-/m0/s1. The Hall–Kier alpha value is -1.77. The van der Waals surface area contributed by atoms with Gasteiger partial charge >= 0.3 is 6.09 Å². The average Bonchev–Trinajstić information content (AvgIpc) is 3.02. The van der Waals surface area contributed by atoms with Gasteiger partial charge in [-0.1, -0.05) is 0 Å². The molecule has 1 atom stereocenters. The minimum Gasteiger partial charge on any atom is -0.440 e. The van der Waals surface area contributed by atoms with Crippen molar-refractivity contribution in [3.8, 4) is 0 Å². The second-order valence-electron chi connectivity index (χ2n) is 7.68. The van der Waals surface area contributed by atoms with Crippen LogP contribution in [0.2, 0.25) is 0 Å². The lowest BCUT2D eigenvalue weighted by atomic mass is 9.94. The van der Waals surface area contributed by atoms with E-state index in [4.69, 9.17) is 19.2 Å². The van der Waals surface area contributed by atoms with Gasteiger partial charge in [0.25, 0.3) is 0 Å². The van der Waals surface area contributed by atoms with E-state index in [0.29, 0.717) is 31.5 Å². The molecule has 27 heavy (non-hydrogen) atoms. The van der Waals surface area contributed by atoms with E-state index in [0.717, 1.165) is 57.6 Å². The van der Waals surface area contributed by atoms with Gasteiger partial charge in [-0.05, 0) is 19.4 Å². The molecule has 0 unspecified atom stereocenters. The number of rotatable bonds is 5. The van der Waals surface area contributed by atoms with Gasteiger partial charge in [-0.3, -0.25) is 9.88 Å². The Balaban J connectivity index is 1.47. The summed E-state index contributed by atoms with van der Waals surface area (Å²) in [5, 5.41) is 0. The molecule has 4 rings (SSSR count). The zero-order valence-electron chi connectivity index (χ0n) is 15.9. The second-order valence-corrected chi connectivity index (χ2v) is 7.68. The Bertz CT molecular complexity index is 665. The van der Waals surface area contributed by atoms with E-state index in [1.54, 1.807) is 18.2 Å². The first kappa shape index (κ1) is 18.6. The van der Waals surface area contributed by atoms with Crippen molar-refractivity contribution in [2.24, 2.45) is 0 Å². The summed E-state index contributed by atoms with van der Waals surface area (Å²) in [6, 6.07) is 0. The van der Waals surface area contributed by atoms with Crippen LogP contribution in [0.4, 0.5) is 10.6 Å². The molecule has 4 heterocycles. The molecule has 8 heteroatoms. The van der Waals surface area contributed by atoms with Crippen LogP contribution in [0.25, 0.3) is 0 Å². The lowest BCUT2D eigenvalue weighted by Crippen LogP contribution is -2.40. The van der Waals surface area contributed by atoms with Gasteiger partial charge in [0.05, 0.1) is 38.3 Å². The lowest BCUT2D eigenvalue weighted by molar-refractivity contribution is -0.0431. The summed E-state index contributed by atoms with van der Waals surface area (Å²) in [6.07, 6.45) is 6.86. The second kappa shape index (κ2) is 8.08. The first-order valence-corrected chi connectivity index (χ1v) is 9.81. The zero-order valence-corrected chi connectivity index (χ0v) is 15.9. The van der Waals surface area contributed by atoms with Gasteiger partial charge in [0.1, 0.15) is 5.60 Å². The zero-order chi connectivity index (χ0) is 18.7. The van der Waals surface area contributed by atoms with Gasteiger partial charge in [0.15, 0.2) is 5.82 Å². The van der Waals surface area contributed by atoms with Crippen molar-refractivity contribution in [1.29, 1.82) is 0 Å². The van der Waals surface area contributed by atoms with Crippen molar-refractivity contribution in [3.63, 3.8) is 0 Å². The van der Waals surface area contributed by atoms with Crippen LogP contribution in [-0.2, 0) is 14.2 Å². The van der Waals surface area contributed by atoms with Crippen molar-refractivity contribution in [1.82, 2.24) is 14.9 Å². The fraction of sp³-hybridized carbons (Fsp3) is 0.737. The van der Waals surface area contributed by atoms with Crippen LogP contribution in [0.15, 0.2) is 12.4 Å². The number of ether oxygens (including phenoxy) is 3. The summed E-state index contributed by atoms with van der Waals surface area (Å²) < 4.78 is 16.3. The van der Waals surface area contributed by atoms with Crippen LogP contribution in [0.5, 0.6) is 0 Å². The van der Waals surface area contributed by atoms with Crippen molar-refractivity contribution < 1.29 is 19.0 Å². The number of piperidine rings is 1. The predicted octanol–water partition coefficient (Wildman–Crippen LogP) is 1.81. The molecule has 8 nitrogen and oxygen atoms in total. The monoisotopic (exact) mass is 376 g/mol. The van der Waals surface area contributed by atoms with Crippen LogP contribution in [0.1, 0.15) is 37.3 Å². The minimum atomic E-state index is -0.436. The number of anilines is 1. The third-order valence-electron chi connectivity index (χ3n) is 5.83. The fourth-order valence-corrected chi connectivity index (χ4v) is 4.22. The minimum absolute atomic E-state index is 0.325. The maximum absolute atomic E-state index is 12.5. The molecule has 3 fully saturated rings. The number of amides is 1. The van der Waals surface area contributed by atoms with Crippen molar-refractivity contribution >= 4 is 11.9 Å². The van der Waals surface area contributed by atoms with E-state index in [2.05, 4.69) is 9.88 Å². The number of likely N-dealkylation sites (tertiary alicyclic amines) is 1. The molecule has 3 saturated heterocycles. The fourth-order valence-electron chi connectivity index (χ4n) is 4.22. The van der Waals surface area contributed by atoms with Crippen molar-refractivity contribution in [2.45, 2.75) is 37.2 Å². The molecule has 0 N–H and O–H groups in total. The summed E-state index contributed by atoms with van der Waals surface area (Å²) in [7, 11) is 1.73. The van der Waals surface area contributed by atoms with Gasteiger partial charge in [0.2, 0.25) is 0 Å². The molecule has 3 aliphatic rings. The maximum Gasteiger partial charge on any atom is 0.416 e. The highest BCUT2D eigenvalue weighted by Crippen LogP contribution is 2.35. The highest BCUT2D eigenvalue weighted by Gasteiger charge is 2.47. The topological polar surface area (TPSA) is 77.0 Å². The SMILES string of the molecule is COCCN1CCC[C@H](c2cncc(N3CC4(CCOCC4)OC3=O)n2)C1. The highest BCUT2D eigenvalue weighted by molar-refractivity contribution is 5.89. The van der Waals surface area contributed by atoms with E-state index in [-0.39, 0.29) is 6.09 Å². The molecule has 1 amide bonds. The van der Waals surface area contributed by atoms with Gasteiger partial charge in [0, 0.05) is 45.2 Å². The van der Waals surface area contributed by atoms with E-state index < -0.39 is 5.60 Å². The molecule has 1 spiro atoms. The van der Waals surface area contributed by atoms with Gasteiger partial charge in [-0.2, -0.15) is 0 Å². The number of hydrogen-bond acceptors (Lipinski definition) is 7. The van der Waals surface area contributed by atoms with Gasteiger partial charge in [-0.25, -0.2) is 9.78 Å². The summed E-state index contributed by atoms with van der Waals surface area (Å²) in [4.78, 5) is 25.7. The molecular weight excluding hydrogens is 348 g/mol. The van der Waals surface area contributed by atoms with Crippen LogP contribution >= 0.6 is 0 Å². The summed E-state index contributed by atoms with van der Waals surface area (Å²) in [6.45, 7) is 5.51. The molecule has 1 aromatic rings. The molecule has 3 aliphatic heterocycles. The number of aromatic nitrogens is 2. The molecule has 1 aromatic heterocycles. The van der Waals surface area contributed by atoms with Crippen molar-refractivity contribution in [3.05, 3.63) is 18.1 Å². The van der Waals surface area contributed by atoms with Crippen LogP contribution in [0.3, 0.4) is 0 Å². The highest BCUT2D eigenvalue weighted by atomic mass is 16.6. The smallest absolute Gasteiger partial charge is 0.416 e. The summed E-state index contributed by atoms with van der Waals surface area (Å²) in [5.74, 6) is 0.925. The van der Waals surface area contributed by atoms with Gasteiger partial charge in [-0.15, -0.1) is 0 Å². The number of carbonyl (C=O) groups is 1. The molecule has 0 radical (unpaired) electrons. The Morgan fingerprint density at radius 1 is 1.33 bits per heavy atom. The maximum atomic E-state index is 12.5. The predicted molar refractivity (Wildman–Crippen MR) is 98.9 cm³/mol. The molecule has 0 saturated carbocycles. The van der Waals surface area contributed by atoms with Gasteiger partial charge < -0.3 is 19.1 Å². The third kappa shape index (κ3) is 4.07. The molecular formula is C19H28N4O4. The number of nitrogens with zero attached hydrogens (tertiary/aromatic N) is 4. The first-order chi connectivity index (χ1) is 13.2. The Morgan fingerprint density at radius 2 is 2.19 bits per heavy atom. The third-order valence-corrected chi connectivity index (χ3v) is 5.83. The Kier molecular flexibility index (Phi) is 5.56. The van der Waals surface area contributed by atoms with Crippen LogP contribution in [-0.4, -0.2) is 79.7 Å². The molecule has 0 bridgehead atoms. The number of hydrogen-bond donors (Lipinski definition) is 0. The Labute approximate surface area is 159 Å². The molecule has 0 aromatic carbocycles. The van der Waals surface area contributed by atoms with E-state index in [9.17, 15) is 4.79 Å². The largest absolute Gasteiger partial charge is 0.440 e. The average molecular weight is 376 g/mol. The summed E-state index contributed by atoms with van der Waals surface area (Å²) >= 11 is 0. The number of methoxy groups -OCH3 is 1.